The molecule has 0 unspecified atom stereocenters. The predicted molar refractivity (Wildman–Crippen MR) is 88.3 cm³/mol. The topological polar surface area (TPSA) is 69.6 Å². The Morgan fingerprint density at radius 1 is 1.00 bits per heavy atom. The van der Waals surface area contributed by atoms with Crippen LogP contribution in [0.25, 0.3) is 5.69 Å². The van der Waals surface area contributed by atoms with Gasteiger partial charge in [0, 0.05) is 11.4 Å². The predicted octanol–water partition coefficient (Wildman–Crippen LogP) is 3.32. The van der Waals surface area contributed by atoms with Crippen LogP contribution in [0.2, 0.25) is 0 Å². The van der Waals surface area contributed by atoms with Gasteiger partial charge in [-0.2, -0.15) is 5.10 Å². The molecule has 0 bridgehead atoms. The van der Waals surface area contributed by atoms with Gasteiger partial charge in [-0.3, -0.25) is 0 Å². The quantitative estimate of drug-likeness (QED) is 0.751. The van der Waals surface area contributed by atoms with Crippen LogP contribution in [0.15, 0.2) is 46.6 Å². The summed E-state index contributed by atoms with van der Waals surface area (Å²) in [6.07, 6.45) is 0. The van der Waals surface area contributed by atoms with Crippen LogP contribution in [0.3, 0.4) is 0 Å². The molecule has 2 N–H and O–H groups in total. The van der Waals surface area contributed by atoms with Crippen LogP contribution in [-0.4, -0.2) is 19.7 Å². The second-order valence-electron chi connectivity index (χ2n) is 5.09. The molecule has 3 rings (SSSR count). The third kappa shape index (κ3) is 2.82. The fourth-order valence-corrected chi connectivity index (χ4v) is 3.23. The third-order valence-electron chi connectivity index (χ3n) is 3.21. The van der Waals surface area contributed by atoms with E-state index in [1.165, 1.54) is 11.8 Å². The molecular formula is C16H17N5S. The van der Waals surface area contributed by atoms with Crippen molar-refractivity contribution >= 4 is 17.4 Å². The maximum absolute atomic E-state index is 6.20. The molecule has 6 heteroatoms. The van der Waals surface area contributed by atoms with Crippen LogP contribution in [0.4, 0.5) is 5.69 Å². The number of hydrogen-bond donors (Lipinski definition) is 1. The monoisotopic (exact) mass is 311 g/mol. The minimum absolute atomic E-state index is 0.664. The number of rotatable bonds is 3. The van der Waals surface area contributed by atoms with Gasteiger partial charge in [0.05, 0.1) is 17.1 Å². The Hall–Kier alpha value is -2.34. The molecule has 0 fully saturated rings. The summed E-state index contributed by atoms with van der Waals surface area (Å²) in [6, 6.07) is 11.9. The smallest absolute Gasteiger partial charge is 0.194 e. The molecule has 3 aromatic rings. The van der Waals surface area contributed by atoms with E-state index in [0.717, 1.165) is 27.8 Å². The Kier molecular flexibility index (Phi) is 3.85. The van der Waals surface area contributed by atoms with E-state index in [1.807, 2.05) is 61.9 Å². The standard InChI is InChI=1S/C16H17N5S/c1-10-9-11(2)19-16(18-10)22-15-14(17)12(3)20-21(15)13-7-5-4-6-8-13/h4-9H,17H2,1-3H3. The van der Waals surface area contributed by atoms with Gasteiger partial charge in [0.25, 0.3) is 0 Å². The molecule has 0 amide bonds. The summed E-state index contributed by atoms with van der Waals surface area (Å²) < 4.78 is 1.84. The zero-order valence-corrected chi connectivity index (χ0v) is 13.6. The summed E-state index contributed by atoms with van der Waals surface area (Å²) in [5.74, 6) is 0. The van der Waals surface area contributed by atoms with E-state index >= 15 is 0 Å². The van der Waals surface area contributed by atoms with Gasteiger partial charge in [-0.15, -0.1) is 0 Å². The van der Waals surface area contributed by atoms with Crippen molar-refractivity contribution in [1.82, 2.24) is 19.7 Å². The van der Waals surface area contributed by atoms with Crippen LogP contribution in [0.1, 0.15) is 17.1 Å². The van der Waals surface area contributed by atoms with Gasteiger partial charge in [-0.1, -0.05) is 18.2 Å². The van der Waals surface area contributed by atoms with Crippen LogP contribution < -0.4 is 5.73 Å². The second kappa shape index (κ2) is 5.81. The molecular weight excluding hydrogens is 294 g/mol. The van der Waals surface area contributed by atoms with Gasteiger partial charge in [0.2, 0.25) is 0 Å². The number of nitrogens with two attached hydrogens (primary N) is 1. The zero-order valence-electron chi connectivity index (χ0n) is 12.7. The fourth-order valence-electron chi connectivity index (χ4n) is 2.19. The van der Waals surface area contributed by atoms with Crippen LogP contribution in [0, 0.1) is 20.8 Å². The zero-order chi connectivity index (χ0) is 15.7. The van der Waals surface area contributed by atoms with Gasteiger partial charge in [-0.05, 0) is 50.7 Å². The first-order valence-electron chi connectivity index (χ1n) is 6.95. The Bertz CT molecular complexity index is 791. The highest BCUT2D eigenvalue weighted by atomic mass is 32.2. The van der Waals surface area contributed by atoms with Crippen LogP contribution in [-0.2, 0) is 0 Å². The number of para-hydroxylation sites is 1. The molecule has 2 heterocycles. The molecule has 2 aromatic heterocycles. The molecule has 0 aliphatic heterocycles. The Balaban J connectivity index is 2.07. The molecule has 22 heavy (non-hydrogen) atoms. The summed E-state index contributed by atoms with van der Waals surface area (Å²) in [5.41, 5.74) is 10.5. The molecule has 0 atom stereocenters. The van der Waals surface area contributed by atoms with E-state index in [1.54, 1.807) is 0 Å². The third-order valence-corrected chi connectivity index (χ3v) is 4.16. The van der Waals surface area contributed by atoms with Gasteiger partial charge < -0.3 is 5.73 Å². The average Bonchev–Trinajstić information content (AvgIpc) is 2.75. The number of benzene rings is 1. The lowest BCUT2D eigenvalue weighted by Gasteiger charge is -2.08. The normalized spacial score (nSPS) is 10.9. The van der Waals surface area contributed by atoms with Crippen molar-refractivity contribution in [2.24, 2.45) is 0 Å². The van der Waals surface area contributed by atoms with Crippen LogP contribution >= 0.6 is 11.8 Å². The lowest BCUT2D eigenvalue weighted by Crippen LogP contribution is -2.00. The summed E-state index contributed by atoms with van der Waals surface area (Å²) in [4.78, 5) is 8.94. The van der Waals surface area contributed by atoms with E-state index in [-0.39, 0.29) is 0 Å². The van der Waals surface area contributed by atoms with Gasteiger partial charge in [0.15, 0.2) is 5.16 Å². The largest absolute Gasteiger partial charge is 0.395 e. The van der Waals surface area contributed by atoms with Crippen molar-refractivity contribution in [2.75, 3.05) is 5.73 Å². The first-order valence-corrected chi connectivity index (χ1v) is 7.77. The highest BCUT2D eigenvalue weighted by Gasteiger charge is 2.16. The van der Waals surface area contributed by atoms with Crippen molar-refractivity contribution in [3.8, 4) is 5.69 Å². The van der Waals surface area contributed by atoms with E-state index in [4.69, 9.17) is 5.73 Å². The fraction of sp³-hybridized carbons (Fsp3) is 0.188. The minimum Gasteiger partial charge on any atom is -0.395 e. The highest BCUT2D eigenvalue weighted by molar-refractivity contribution is 7.99. The van der Waals surface area contributed by atoms with Crippen molar-refractivity contribution in [2.45, 2.75) is 31.0 Å². The molecule has 0 aliphatic carbocycles. The molecule has 0 spiro atoms. The second-order valence-corrected chi connectivity index (χ2v) is 6.04. The van der Waals surface area contributed by atoms with Crippen molar-refractivity contribution in [3.63, 3.8) is 0 Å². The number of aryl methyl sites for hydroxylation is 3. The van der Waals surface area contributed by atoms with Crippen LogP contribution in [0.5, 0.6) is 0 Å². The van der Waals surface area contributed by atoms with E-state index in [9.17, 15) is 0 Å². The van der Waals surface area contributed by atoms with Crippen molar-refractivity contribution < 1.29 is 0 Å². The maximum atomic E-state index is 6.20. The Labute approximate surface area is 133 Å². The lowest BCUT2D eigenvalue weighted by molar-refractivity contribution is 0.790. The summed E-state index contributed by atoms with van der Waals surface area (Å²) in [7, 11) is 0. The molecule has 0 radical (unpaired) electrons. The average molecular weight is 311 g/mol. The molecule has 0 aliphatic rings. The molecule has 5 nitrogen and oxygen atoms in total. The maximum Gasteiger partial charge on any atom is 0.194 e. The van der Waals surface area contributed by atoms with E-state index in [2.05, 4.69) is 15.1 Å². The van der Waals surface area contributed by atoms with Gasteiger partial charge in [-0.25, -0.2) is 14.6 Å². The first kappa shape index (κ1) is 14.6. The molecule has 1 aromatic carbocycles. The summed E-state index contributed by atoms with van der Waals surface area (Å²) in [6.45, 7) is 5.82. The number of aromatic nitrogens is 4. The van der Waals surface area contributed by atoms with E-state index < -0.39 is 0 Å². The van der Waals surface area contributed by atoms with E-state index in [0.29, 0.717) is 10.8 Å². The first-order chi connectivity index (χ1) is 10.5. The Morgan fingerprint density at radius 3 is 2.27 bits per heavy atom. The molecule has 0 saturated carbocycles. The highest BCUT2D eigenvalue weighted by Crippen LogP contribution is 2.33. The van der Waals surface area contributed by atoms with Gasteiger partial charge >= 0.3 is 0 Å². The number of anilines is 1. The number of nitrogens with zero attached hydrogens (tertiary/aromatic N) is 4. The number of nitrogen functional groups attached to an aromatic ring is 1. The molecule has 0 saturated heterocycles. The van der Waals surface area contributed by atoms with Crippen molar-refractivity contribution in [1.29, 1.82) is 0 Å². The SMILES string of the molecule is Cc1cc(C)nc(Sc2c(N)c(C)nn2-c2ccccc2)n1. The van der Waals surface area contributed by atoms with Gasteiger partial charge in [0.1, 0.15) is 5.03 Å². The molecule has 112 valence electrons. The lowest BCUT2D eigenvalue weighted by atomic mass is 10.3. The number of hydrogen-bond acceptors (Lipinski definition) is 5. The summed E-state index contributed by atoms with van der Waals surface area (Å²) in [5, 5.41) is 6.06. The van der Waals surface area contributed by atoms with Crippen molar-refractivity contribution in [3.05, 3.63) is 53.5 Å². The Morgan fingerprint density at radius 2 is 1.64 bits per heavy atom. The summed E-state index contributed by atoms with van der Waals surface area (Å²) >= 11 is 1.44. The minimum atomic E-state index is 0.664.